The molecule has 35 heavy (non-hydrogen) atoms. The molecule has 3 atom stereocenters. The van der Waals surface area contributed by atoms with Crippen LogP contribution >= 0.6 is 12.2 Å². The second-order valence-corrected chi connectivity index (χ2v) is 9.72. The van der Waals surface area contributed by atoms with Crippen LogP contribution in [0.15, 0.2) is 67.0 Å². The summed E-state index contributed by atoms with van der Waals surface area (Å²) in [4.78, 5) is 9.31. The molecule has 5 heterocycles. The highest BCUT2D eigenvalue weighted by Gasteiger charge is 2.42. The summed E-state index contributed by atoms with van der Waals surface area (Å²) < 4.78 is 13.8. The Morgan fingerprint density at radius 1 is 0.971 bits per heavy atom. The second-order valence-electron chi connectivity index (χ2n) is 9.33. The number of rotatable bonds is 6. The van der Waals surface area contributed by atoms with Gasteiger partial charge in [-0.1, -0.05) is 6.07 Å². The lowest BCUT2D eigenvalue weighted by Crippen LogP contribution is -2.36. The first kappa shape index (κ1) is 22.5. The standard InChI is InChI=1S/C27H31N5O2S/c35-27-29-25(23-6-1-2-12-28-23)26(24-7-3-13-31(24)19-22-5-4-16-34-22)32(27)21-10-8-20(9-11-21)30-14-17-33-18-15-30/h1-3,6-13,22,25-26H,4-5,14-19H2,(H,29,35)/t22-,25-,26+/m0/s1. The molecule has 0 saturated carbocycles. The minimum absolute atomic E-state index is 0.0250. The Labute approximate surface area is 211 Å². The quantitative estimate of drug-likeness (QED) is 0.524. The molecule has 3 aliphatic rings. The van der Waals surface area contributed by atoms with E-state index in [9.17, 15) is 0 Å². The Bertz CT molecular complexity index is 1140. The van der Waals surface area contributed by atoms with Gasteiger partial charge in [-0.25, -0.2) is 0 Å². The zero-order valence-corrected chi connectivity index (χ0v) is 20.6. The van der Waals surface area contributed by atoms with Gasteiger partial charge < -0.3 is 29.2 Å². The van der Waals surface area contributed by atoms with Crippen molar-refractivity contribution in [1.29, 1.82) is 0 Å². The number of pyridine rings is 1. The molecule has 6 rings (SSSR count). The van der Waals surface area contributed by atoms with E-state index in [0.717, 1.165) is 68.8 Å². The number of ether oxygens (including phenoxy) is 2. The molecule has 182 valence electrons. The molecule has 3 aromatic rings. The SMILES string of the molecule is S=C1N[C@@H](c2ccccn2)[C@@H](c2cccn2C[C@@H]2CCCO2)N1c1ccc(N2CCOCC2)cc1. The van der Waals surface area contributed by atoms with E-state index < -0.39 is 0 Å². The topological polar surface area (TPSA) is 54.8 Å². The number of benzene rings is 1. The highest BCUT2D eigenvalue weighted by Crippen LogP contribution is 2.42. The van der Waals surface area contributed by atoms with Gasteiger partial charge in [-0.05, 0) is 73.6 Å². The molecule has 0 bridgehead atoms. The van der Waals surface area contributed by atoms with Crippen molar-refractivity contribution in [2.45, 2.75) is 37.6 Å². The van der Waals surface area contributed by atoms with Gasteiger partial charge >= 0.3 is 0 Å². The molecule has 0 aliphatic carbocycles. The second kappa shape index (κ2) is 9.97. The number of nitrogens with zero attached hydrogens (tertiary/aromatic N) is 4. The van der Waals surface area contributed by atoms with Gasteiger partial charge in [-0.15, -0.1) is 0 Å². The predicted molar refractivity (Wildman–Crippen MR) is 141 cm³/mol. The Morgan fingerprint density at radius 2 is 1.80 bits per heavy atom. The summed E-state index contributed by atoms with van der Waals surface area (Å²) in [7, 11) is 0. The molecular weight excluding hydrogens is 458 g/mol. The van der Waals surface area contributed by atoms with Gasteiger partial charge in [0.2, 0.25) is 0 Å². The van der Waals surface area contributed by atoms with Crippen molar-refractivity contribution in [1.82, 2.24) is 14.9 Å². The van der Waals surface area contributed by atoms with Crippen molar-refractivity contribution in [2.24, 2.45) is 0 Å². The van der Waals surface area contributed by atoms with Gasteiger partial charge in [-0.3, -0.25) is 4.98 Å². The van der Waals surface area contributed by atoms with Gasteiger partial charge in [0.05, 0.1) is 31.1 Å². The van der Waals surface area contributed by atoms with Crippen molar-refractivity contribution in [2.75, 3.05) is 42.7 Å². The Kier molecular flexibility index (Phi) is 6.41. The fourth-order valence-corrected chi connectivity index (χ4v) is 5.79. The van der Waals surface area contributed by atoms with Crippen molar-refractivity contribution >= 4 is 28.7 Å². The number of hydrogen-bond donors (Lipinski definition) is 1. The zero-order chi connectivity index (χ0) is 23.6. The van der Waals surface area contributed by atoms with Crippen molar-refractivity contribution < 1.29 is 9.47 Å². The third kappa shape index (κ3) is 4.53. The number of morpholine rings is 1. The van der Waals surface area contributed by atoms with Crippen LogP contribution in [0.4, 0.5) is 11.4 Å². The average molecular weight is 490 g/mol. The van der Waals surface area contributed by atoms with Crippen molar-refractivity contribution in [3.8, 4) is 0 Å². The molecule has 0 unspecified atom stereocenters. The molecule has 3 aliphatic heterocycles. The molecule has 0 amide bonds. The van der Waals surface area contributed by atoms with Crippen LogP contribution in [0.5, 0.6) is 0 Å². The van der Waals surface area contributed by atoms with Gasteiger partial charge in [0, 0.05) is 55.7 Å². The molecule has 0 radical (unpaired) electrons. The minimum Gasteiger partial charge on any atom is -0.378 e. The molecule has 0 spiro atoms. The molecular formula is C27H31N5O2S. The van der Waals surface area contributed by atoms with E-state index in [1.54, 1.807) is 0 Å². The van der Waals surface area contributed by atoms with Crippen LogP contribution in [0.1, 0.15) is 36.3 Å². The first-order valence-corrected chi connectivity index (χ1v) is 12.9. The maximum absolute atomic E-state index is 5.96. The van der Waals surface area contributed by atoms with E-state index in [-0.39, 0.29) is 18.2 Å². The lowest BCUT2D eigenvalue weighted by Gasteiger charge is -2.31. The maximum Gasteiger partial charge on any atom is 0.174 e. The van der Waals surface area contributed by atoms with E-state index in [4.69, 9.17) is 26.7 Å². The molecule has 1 aromatic carbocycles. The fraction of sp³-hybridized carbons (Fsp3) is 0.407. The van der Waals surface area contributed by atoms with Gasteiger partial charge in [0.1, 0.15) is 6.04 Å². The first-order chi connectivity index (χ1) is 17.3. The summed E-state index contributed by atoms with van der Waals surface area (Å²) in [6, 6.07) is 19.1. The Balaban J connectivity index is 1.35. The summed E-state index contributed by atoms with van der Waals surface area (Å²) in [5.74, 6) is 0. The smallest absolute Gasteiger partial charge is 0.174 e. The van der Waals surface area contributed by atoms with Crippen LogP contribution < -0.4 is 15.1 Å². The van der Waals surface area contributed by atoms with E-state index in [0.29, 0.717) is 0 Å². The molecule has 8 heteroatoms. The van der Waals surface area contributed by atoms with E-state index >= 15 is 0 Å². The summed E-state index contributed by atoms with van der Waals surface area (Å²) in [6.07, 6.45) is 6.51. The molecule has 3 saturated heterocycles. The van der Waals surface area contributed by atoms with Crippen LogP contribution in [0.3, 0.4) is 0 Å². The normalized spacial score (nSPS) is 24.7. The summed E-state index contributed by atoms with van der Waals surface area (Å²) in [5.41, 5.74) is 4.49. The van der Waals surface area contributed by atoms with Crippen LogP contribution in [0, 0.1) is 0 Å². The molecule has 2 aromatic heterocycles. The average Bonchev–Trinajstić information content (AvgIpc) is 3.66. The molecule has 7 nitrogen and oxygen atoms in total. The first-order valence-electron chi connectivity index (χ1n) is 12.5. The van der Waals surface area contributed by atoms with Gasteiger partial charge in [0.15, 0.2) is 5.11 Å². The highest BCUT2D eigenvalue weighted by atomic mass is 32.1. The van der Waals surface area contributed by atoms with Crippen LogP contribution in [-0.2, 0) is 16.0 Å². The molecule has 1 N–H and O–H groups in total. The predicted octanol–water partition coefficient (Wildman–Crippen LogP) is 4.08. The number of nitrogens with one attached hydrogen (secondary N) is 1. The summed E-state index contributed by atoms with van der Waals surface area (Å²) in [5, 5.41) is 4.30. The van der Waals surface area contributed by atoms with Crippen molar-refractivity contribution in [3.63, 3.8) is 0 Å². The van der Waals surface area contributed by atoms with E-state index in [2.05, 4.69) is 68.3 Å². The van der Waals surface area contributed by atoms with Crippen LogP contribution in [0.2, 0.25) is 0 Å². The molecule has 3 fully saturated rings. The van der Waals surface area contributed by atoms with E-state index in [1.807, 2.05) is 18.3 Å². The number of hydrogen-bond acceptors (Lipinski definition) is 5. The van der Waals surface area contributed by atoms with E-state index in [1.165, 1.54) is 11.4 Å². The number of aromatic nitrogens is 2. The van der Waals surface area contributed by atoms with Crippen molar-refractivity contribution in [3.05, 3.63) is 78.4 Å². The largest absolute Gasteiger partial charge is 0.378 e. The van der Waals surface area contributed by atoms with Crippen LogP contribution in [-0.4, -0.2) is 53.7 Å². The Morgan fingerprint density at radius 3 is 2.54 bits per heavy atom. The zero-order valence-electron chi connectivity index (χ0n) is 19.8. The Hall–Kier alpha value is -2.94. The fourth-order valence-electron chi connectivity index (χ4n) is 5.45. The number of anilines is 2. The highest BCUT2D eigenvalue weighted by molar-refractivity contribution is 7.80. The third-order valence-electron chi connectivity index (χ3n) is 7.19. The lowest BCUT2D eigenvalue weighted by atomic mass is 10.0. The summed E-state index contributed by atoms with van der Waals surface area (Å²) in [6.45, 7) is 5.10. The van der Waals surface area contributed by atoms with Gasteiger partial charge in [0.25, 0.3) is 0 Å². The lowest BCUT2D eigenvalue weighted by molar-refractivity contribution is 0.0961. The minimum atomic E-state index is -0.0548. The maximum atomic E-state index is 5.96. The summed E-state index contributed by atoms with van der Waals surface area (Å²) >= 11 is 5.92. The number of thiocarbonyl (C=S) groups is 1. The van der Waals surface area contributed by atoms with Gasteiger partial charge in [-0.2, -0.15) is 0 Å². The van der Waals surface area contributed by atoms with Crippen LogP contribution in [0.25, 0.3) is 0 Å². The third-order valence-corrected chi connectivity index (χ3v) is 7.51. The monoisotopic (exact) mass is 489 g/mol.